The van der Waals surface area contributed by atoms with Crippen molar-refractivity contribution in [1.29, 1.82) is 0 Å². The topological polar surface area (TPSA) is 91.4 Å². The first-order valence-corrected chi connectivity index (χ1v) is 12.7. The number of pyridine rings is 1. The summed E-state index contributed by atoms with van der Waals surface area (Å²) in [5, 5.41) is 7.68. The molecule has 35 heavy (non-hydrogen) atoms. The first-order valence-electron chi connectivity index (χ1n) is 11.9. The molecule has 3 aromatic rings. The van der Waals surface area contributed by atoms with Crippen LogP contribution in [0.1, 0.15) is 58.1 Å². The average molecular weight is 491 g/mol. The second kappa shape index (κ2) is 11.3. The van der Waals surface area contributed by atoms with Gasteiger partial charge in [-0.2, -0.15) is 0 Å². The molecule has 8 heteroatoms. The molecule has 0 aliphatic heterocycles. The molecule has 0 spiro atoms. The molecule has 1 saturated carbocycles. The molecule has 1 aliphatic rings. The molecule has 1 fully saturated rings. The number of aromatic nitrogens is 1. The zero-order valence-corrected chi connectivity index (χ0v) is 20.8. The smallest absolute Gasteiger partial charge is 0.261 e. The Morgan fingerprint density at radius 2 is 1.80 bits per heavy atom. The SMILES string of the molecule is Cc1ccc(N(C(=O)CNC(=O)c2cccs2)[C@H](C(=O)NC2CCCC2)c2ccncc2)cc1C. The van der Waals surface area contributed by atoms with Crippen LogP contribution in [0.25, 0.3) is 0 Å². The number of rotatable bonds is 8. The third kappa shape index (κ3) is 5.95. The normalized spacial score (nSPS) is 14.3. The number of amides is 3. The van der Waals surface area contributed by atoms with Crippen molar-refractivity contribution in [3.63, 3.8) is 0 Å². The molecule has 3 amide bonds. The lowest BCUT2D eigenvalue weighted by Gasteiger charge is -2.32. The van der Waals surface area contributed by atoms with E-state index in [0.717, 1.165) is 36.8 Å². The Balaban J connectivity index is 1.69. The number of thiophene rings is 1. The summed E-state index contributed by atoms with van der Waals surface area (Å²) < 4.78 is 0. The lowest BCUT2D eigenvalue weighted by Crippen LogP contribution is -2.49. The highest BCUT2D eigenvalue weighted by atomic mass is 32.1. The highest BCUT2D eigenvalue weighted by Crippen LogP contribution is 2.30. The van der Waals surface area contributed by atoms with Gasteiger partial charge in [0.2, 0.25) is 11.8 Å². The minimum Gasteiger partial charge on any atom is -0.351 e. The summed E-state index contributed by atoms with van der Waals surface area (Å²) in [5.74, 6) is -0.926. The first-order chi connectivity index (χ1) is 16.9. The minimum atomic E-state index is -0.896. The number of carbonyl (C=O) groups is 3. The molecule has 4 rings (SSSR count). The molecule has 182 valence electrons. The molecule has 1 atom stereocenters. The van der Waals surface area contributed by atoms with Gasteiger partial charge in [0, 0.05) is 24.1 Å². The maximum absolute atomic E-state index is 13.7. The highest BCUT2D eigenvalue weighted by molar-refractivity contribution is 7.12. The monoisotopic (exact) mass is 490 g/mol. The van der Waals surface area contributed by atoms with Gasteiger partial charge in [-0.3, -0.25) is 24.3 Å². The van der Waals surface area contributed by atoms with Gasteiger partial charge in [-0.05, 0) is 79.1 Å². The van der Waals surface area contributed by atoms with Crippen LogP contribution in [0.4, 0.5) is 5.69 Å². The van der Waals surface area contributed by atoms with Crippen LogP contribution >= 0.6 is 11.3 Å². The zero-order valence-electron chi connectivity index (χ0n) is 20.0. The fourth-order valence-electron chi connectivity index (χ4n) is 4.36. The van der Waals surface area contributed by atoms with Gasteiger partial charge in [-0.15, -0.1) is 11.3 Å². The van der Waals surface area contributed by atoms with Crippen molar-refractivity contribution < 1.29 is 14.4 Å². The number of benzene rings is 1. The van der Waals surface area contributed by atoms with Crippen LogP contribution in [-0.4, -0.2) is 35.3 Å². The summed E-state index contributed by atoms with van der Waals surface area (Å²) in [4.78, 5) is 46.0. The molecule has 0 bridgehead atoms. The number of anilines is 1. The summed E-state index contributed by atoms with van der Waals surface area (Å²) >= 11 is 1.31. The Hall–Kier alpha value is -3.52. The second-order valence-corrected chi connectivity index (χ2v) is 9.81. The van der Waals surface area contributed by atoms with Gasteiger partial charge in [-0.25, -0.2) is 0 Å². The highest BCUT2D eigenvalue weighted by Gasteiger charge is 2.34. The van der Waals surface area contributed by atoms with E-state index < -0.39 is 6.04 Å². The molecule has 1 aliphatic carbocycles. The summed E-state index contributed by atoms with van der Waals surface area (Å²) in [6, 6.07) is 11.9. The molecule has 2 heterocycles. The zero-order chi connectivity index (χ0) is 24.8. The average Bonchev–Trinajstić information content (AvgIpc) is 3.58. The fraction of sp³-hybridized carbons (Fsp3) is 0.333. The van der Waals surface area contributed by atoms with Gasteiger partial charge >= 0.3 is 0 Å². The maximum Gasteiger partial charge on any atom is 0.261 e. The Bertz CT molecular complexity index is 1170. The van der Waals surface area contributed by atoms with Gasteiger partial charge in [0.25, 0.3) is 5.91 Å². The molecular formula is C27H30N4O3S. The van der Waals surface area contributed by atoms with Gasteiger partial charge in [0.15, 0.2) is 0 Å². The molecule has 0 radical (unpaired) electrons. The summed E-state index contributed by atoms with van der Waals surface area (Å²) in [7, 11) is 0. The molecule has 2 N–H and O–H groups in total. The number of nitrogens with zero attached hydrogens (tertiary/aromatic N) is 2. The largest absolute Gasteiger partial charge is 0.351 e. The van der Waals surface area contributed by atoms with Crippen LogP contribution in [0, 0.1) is 13.8 Å². The van der Waals surface area contributed by atoms with Crippen LogP contribution in [0.5, 0.6) is 0 Å². The molecule has 1 aromatic carbocycles. The van der Waals surface area contributed by atoms with E-state index in [-0.39, 0.29) is 30.3 Å². The number of carbonyl (C=O) groups excluding carboxylic acids is 3. The fourth-order valence-corrected chi connectivity index (χ4v) is 5.00. The lowest BCUT2D eigenvalue weighted by molar-refractivity contribution is -0.126. The summed E-state index contributed by atoms with van der Waals surface area (Å²) in [6.45, 7) is 3.74. The van der Waals surface area contributed by atoms with Crippen LogP contribution < -0.4 is 15.5 Å². The first kappa shape index (κ1) is 24.6. The standard InChI is InChI=1S/C27H30N4O3S/c1-18-9-10-22(16-19(18)2)31(24(32)17-29-26(33)23-8-5-15-35-23)25(20-11-13-28-14-12-20)27(34)30-21-6-3-4-7-21/h5,8-16,21,25H,3-4,6-7,17H2,1-2H3,(H,29,33)(H,30,34)/t25-/m0/s1. The van der Waals surface area contributed by atoms with Crippen molar-refractivity contribution >= 4 is 34.7 Å². The Labute approximate surface area is 209 Å². The molecule has 0 saturated heterocycles. The maximum atomic E-state index is 13.7. The second-order valence-electron chi connectivity index (χ2n) is 8.87. The summed E-state index contributed by atoms with van der Waals surface area (Å²) in [5.41, 5.74) is 3.36. The minimum absolute atomic E-state index is 0.0991. The van der Waals surface area contributed by atoms with Crippen molar-refractivity contribution in [2.75, 3.05) is 11.4 Å². The third-order valence-electron chi connectivity index (χ3n) is 6.41. The van der Waals surface area contributed by atoms with Crippen LogP contribution in [0.3, 0.4) is 0 Å². The van der Waals surface area contributed by atoms with Gasteiger partial charge in [0.05, 0.1) is 11.4 Å². The Morgan fingerprint density at radius 1 is 1.06 bits per heavy atom. The van der Waals surface area contributed by atoms with Crippen molar-refractivity contribution in [1.82, 2.24) is 15.6 Å². The Morgan fingerprint density at radius 3 is 2.46 bits per heavy atom. The van der Waals surface area contributed by atoms with Gasteiger partial charge < -0.3 is 10.6 Å². The van der Waals surface area contributed by atoms with Crippen molar-refractivity contribution in [3.05, 3.63) is 81.8 Å². The van der Waals surface area contributed by atoms with Crippen LogP contribution in [0.15, 0.2) is 60.2 Å². The van der Waals surface area contributed by atoms with E-state index in [9.17, 15) is 14.4 Å². The van der Waals surface area contributed by atoms with E-state index >= 15 is 0 Å². The van der Waals surface area contributed by atoms with E-state index in [2.05, 4.69) is 15.6 Å². The van der Waals surface area contributed by atoms with Crippen LogP contribution in [0.2, 0.25) is 0 Å². The van der Waals surface area contributed by atoms with Crippen LogP contribution in [-0.2, 0) is 9.59 Å². The van der Waals surface area contributed by atoms with Gasteiger partial charge in [0.1, 0.15) is 6.04 Å². The number of hydrogen-bond donors (Lipinski definition) is 2. The van der Waals surface area contributed by atoms with Crippen molar-refractivity contribution in [2.24, 2.45) is 0 Å². The van der Waals surface area contributed by atoms with Crippen molar-refractivity contribution in [3.8, 4) is 0 Å². The van der Waals surface area contributed by atoms with E-state index in [1.165, 1.54) is 16.2 Å². The van der Waals surface area contributed by atoms with Gasteiger partial charge in [-0.1, -0.05) is 25.0 Å². The molecule has 7 nitrogen and oxygen atoms in total. The van der Waals surface area contributed by atoms with E-state index in [1.54, 1.807) is 36.7 Å². The third-order valence-corrected chi connectivity index (χ3v) is 7.28. The van der Waals surface area contributed by atoms with Crippen molar-refractivity contribution in [2.45, 2.75) is 51.6 Å². The number of hydrogen-bond acceptors (Lipinski definition) is 5. The molecular weight excluding hydrogens is 460 g/mol. The molecule has 0 unspecified atom stereocenters. The summed E-state index contributed by atoms with van der Waals surface area (Å²) in [6.07, 6.45) is 7.27. The quantitative estimate of drug-likeness (QED) is 0.492. The predicted molar refractivity (Wildman–Crippen MR) is 137 cm³/mol. The van der Waals surface area contributed by atoms with E-state index in [1.807, 2.05) is 37.4 Å². The number of nitrogens with one attached hydrogen (secondary N) is 2. The van der Waals surface area contributed by atoms with E-state index in [4.69, 9.17) is 0 Å². The Kier molecular flexibility index (Phi) is 7.92. The lowest BCUT2D eigenvalue weighted by atomic mass is 10.0. The van der Waals surface area contributed by atoms with E-state index in [0.29, 0.717) is 16.1 Å². The molecule has 2 aromatic heterocycles. The predicted octanol–water partition coefficient (Wildman–Crippen LogP) is 4.32. The number of aryl methyl sites for hydroxylation is 2.